The van der Waals surface area contributed by atoms with E-state index < -0.39 is 94.0 Å². The van der Waals surface area contributed by atoms with Crippen LogP contribution in [0.1, 0.15) is 416 Å². The molecular weight excluding hydrogens is 2150 g/mol. The van der Waals surface area contributed by atoms with Gasteiger partial charge in [-0.05, 0) is 285 Å². The first-order chi connectivity index (χ1) is 67.8. The van der Waals surface area contributed by atoms with Gasteiger partial charge in [0, 0.05) is 120 Å². The Hall–Kier alpha value is -8.19. The van der Waals surface area contributed by atoms with Crippen LogP contribution in [0.25, 0.3) is 0 Å². The van der Waals surface area contributed by atoms with Gasteiger partial charge < -0.3 is 65.5 Å². The van der Waals surface area contributed by atoms with Crippen molar-refractivity contribution in [2.75, 3.05) is 27.1 Å². The number of carbonyl (C=O) groups is 8. The monoisotopic (exact) mass is 2300 g/mol. The predicted molar refractivity (Wildman–Crippen MR) is 556 cm³/mol. The molecule has 4 fully saturated rings. The zero-order valence-corrected chi connectivity index (χ0v) is 97.9. The van der Waals surface area contributed by atoms with Gasteiger partial charge >= 0.3 is 83.9 Å². The van der Waals surface area contributed by atoms with E-state index in [0.29, 0.717) is 106 Å². The fourth-order valence-electron chi connectivity index (χ4n) is 19.5. The van der Waals surface area contributed by atoms with Gasteiger partial charge in [-0.1, -0.05) is 169 Å². The number of anilines is 1. The number of ether oxygens (including phenoxy) is 5. The molecule has 3 aromatic carbocycles. The van der Waals surface area contributed by atoms with Gasteiger partial charge in [-0.25, -0.2) is 0 Å². The van der Waals surface area contributed by atoms with Gasteiger partial charge in [0.25, 0.3) is 0 Å². The first kappa shape index (κ1) is 136. The van der Waals surface area contributed by atoms with E-state index in [2.05, 4.69) is 136 Å². The molecule has 4 N–H and O–H groups in total. The first-order valence-corrected chi connectivity index (χ1v) is 52.0. The fraction of sp³-hybridized carbons (Fsp3) is 0.645. The van der Waals surface area contributed by atoms with Gasteiger partial charge in [0.2, 0.25) is 0 Å². The topological polar surface area (TPSA) is 411 Å². The Morgan fingerprint density at radius 1 is 0.407 bits per heavy atom. The summed E-state index contributed by atoms with van der Waals surface area (Å²) < 4.78 is 176. The Bertz CT molecular complexity index is 5560. The van der Waals surface area contributed by atoms with E-state index in [-0.39, 0.29) is 218 Å². The molecule has 4 aliphatic carbocycles. The van der Waals surface area contributed by atoms with E-state index in [4.69, 9.17) is 88.7 Å². The summed E-state index contributed by atoms with van der Waals surface area (Å²) in [6.45, 7) is 42.0. The van der Waals surface area contributed by atoms with Crippen molar-refractivity contribution in [3.05, 3.63) is 171 Å². The number of alkyl halides is 9. The second-order valence-corrected chi connectivity index (χ2v) is 48.9. The van der Waals surface area contributed by atoms with Crippen LogP contribution in [0.2, 0.25) is 15.1 Å². The Labute approximate surface area is 927 Å². The molecule has 4 atom stereocenters. The number of hydrogen-bond acceptors (Lipinski definition) is 25. The maximum atomic E-state index is 14.3. The third kappa shape index (κ3) is 44.9. The third-order valence-electron chi connectivity index (χ3n) is 25.8. The molecule has 7 aromatic rings. The normalized spacial score (nSPS) is 18.3. The second-order valence-electron chi connectivity index (χ2n) is 46.6. The number of carbonyl (C=O) groups excluding carboxylic acids is 7. The van der Waals surface area contributed by atoms with Crippen molar-refractivity contribution in [3.63, 3.8) is 0 Å². The van der Waals surface area contributed by atoms with Gasteiger partial charge in [0.15, 0.2) is 23.0 Å². The van der Waals surface area contributed by atoms with Crippen molar-refractivity contribution in [2.45, 2.75) is 389 Å². The van der Waals surface area contributed by atoms with Gasteiger partial charge in [0.05, 0.1) is 65.5 Å². The minimum atomic E-state index is -4.73. The number of rotatable bonds is 36. The summed E-state index contributed by atoms with van der Waals surface area (Å²) in [6, 6.07) is 16.1. The molecule has 4 saturated carbocycles. The standard InChI is InChI=1S/C28H35ClF3NO4.C27H33ClF3NO4.C24H36F3NO5.C23H36INO5.C7H8ClN.CH3.N2.Na.H2O/c1-16-6-7-18(22(29)10-16)13-21(34)14-19(8-9-23(35)36-5)25-24(28(30,31)32)26(37-33-25)20-11-17(12-20)15-27(2,3)4;1-15-5-6-17(21(28)9-15)12-20(33)13-18(7-8-22(34)35)24-23(27(29,30)31)25(36-32-24)19-10-16(11-19)14-26(2,3)4;1-22(2,3)13-14-10-16(11-14)21-19(24(25,26)27)20(28-33-21)15(8-9-17(29)31-7)12-18(30)32-23(4,5)6;1-22(2,3)13-14-10-16(11-14)21-19(24)20(25-30-21)15(8-9-17(26)28-7)12-18(27)29-23(4,5)6;1-5-2-3-7(9)6(8)4-5;;1-2;;/h6-7,10,17,19-20H,8-9,11-15H2,1-5H3;5-6,9,16,18-19H,7-8,10-14H2,1-4H3,(H,34,35);14-16H,8-13H2,1-7H3;14-16H,8-13H2,1-7H3;2-4H,9H2,1H3;1H3;;;1H2/q;;;;;-1;;+1;/p-1. The summed E-state index contributed by atoms with van der Waals surface area (Å²) in [7, 11) is 3.78. The number of aromatic nitrogens is 4. The number of benzene rings is 3. The molecule has 4 heterocycles. The van der Waals surface area contributed by atoms with Crippen molar-refractivity contribution in [2.24, 2.45) is 45.3 Å². The van der Waals surface area contributed by atoms with E-state index in [1.807, 2.05) is 59.7 Å². The molecule has 0 radical (unpaired) electrons. The number of aryl methyl sites for hydroxylation is 3. The number of nitrogen functional groups attached to an aromatic ring is 1. The summed E-state index contributed by atoms with van der Waals surface area (Å²) in [5, 5.41) is 38.4. The van der Waals surface area contributed by atoms with Crippen LogP contribution in [0.5, 0.6) is 0 Å². The zero-order chi connectivity index (χ0) is 111. The van der Waals surface area contributed by atoms with Gasteiger partial charge in [-0.15, -0.1) is 0 Å². The number of nitrogens with zero attached hydrogens (tertiary/aromatic N) is 6. The third-order valence-corrected chi connectivity index (χ3v) is 27.9. The summed E-state index contributed by atoms with van der Waals surface area (Å²) in [5.41, 5.74) is 6.47. The smallest absolute Gasteiger partial charge is 0.870 e. The Morgan fingerprint density at radius 2 is 0.653 bits per heavy atom. The van der Waals surface area contributed by atoms with Crippen LogP contribution in [0, 0.1) is 87.9 Å². The molecule has 4 aromatic heterocycles. The minimum Gasteiger partial charge on any atom is -0.870 e. The summed E-state index contributed by atoms with van der Waals surface area (Å²) in [5.74, 6) is -6.07. The van der Waals surface area contributed by atoms with E-state index in [9.17, 15) is 77.9 Å². The minimum absolute atomic E-state index is 0. The van der Waals surface area contributed by atoms with E-state index in [1.54, 1.807) is 57.2 Å². The SMILES string of the molecule is COC(=O)CCC(CC(=O)Cc1ccc(C)cc1Cl)c1noc(C2CC(CC(C)(C)C)C2)c1C(F)(F)F.COC(=O)CCC(CC(=O)OC(C)(C)C)c1noc(C2CC(CC(C)(C)C)C2)c1C(F)(F)F.COC(=O)CCC(CC(=O)OC(C)(C)C)c1noc(C2CC(CC(C)(C)C)C2)c1I.Cc1ccc(CC(=O)CC(CCC(=O)O)c2noc(C3CC(CC(C)(C)C)C3)c2C(F)(F)F)c(Cl)c1.Cc1ccc(N)c(Cl)c1.N#N.[CH3-].[Na+].[OH-]. The number of carboxylic acid groups (broad SMARTS) is 1. The van der Waals surface area contributed by atoms with Crippen LogP contribution >= 0.6 is 57.4 Å². The summed E-state index contributed by atoms with van der Waals surface area (Å²) >= 11 is 20.4. The first-order valence-electron chi connectivity index (χ1n) is 49.8. The molecule has 0 aliphatic heterocycles. The van der Waals surface area contributed by atoms with Crippen LogP contribution in [-0.2, 0) is 93.4 Å². The van der Waals surface area contributed by atoms with Gasteiger partial charge in [-0.2, -0.15) is 39.5 Å². The number of ketones is 2. The fourth-order valence-corrected chi connectivity index (χ4v) is 21.5. The summed E-state index contributed by atoms with van der Waals surface area (Å²) in [6.07, 6.45) is -5.38. The molecular formula is C110H152Cl3F9IN7NaO19-. The molecule has 40 heteroatoms. The van der Waals surface area contributed by atoms with Gasteiger partial charge in [-0.3, -0.25) is 38.4 Å². The molecule has 4 aliphatic rings. The predicted octanol–water partition coefficient (Wildman–Crippen LogP) is 27.5. The molecule has 0 bridgehead atoms. The number of hydrogen-bond donors (Lipinski definition) is 2. The Kier molecular flexibility index (Phi) is 53.1. The number of aliphatic carboxylic acids is 1. The van der Waals surface area contributed by atoms with Crippen molar-refractivity contribution < 1.29 is 160 Å². The number of esters is 5. The number of halogens is 13. The van der Waals surface area contributed by atoms with Crippen LogP contribution < -0.4 is 35.3 Å². The average molecular weight is 2300 g/mol. The van der Waals surface area contributed by atoms with E-state index >= 15 is 0 Å². The van der Waals surface area contributed by atoms with Crippen LogP contribution in [-0.4, -0.2) is 111 Å². The van der Waals surface area contributed by atoms with E-state index in [0.717, 1.165) is 69.7 Å². The molecule has 0 spiro atoms. The number of nitrogens with two attached hydrogens (primary N) is 1. The van der Waals surface area contributed by atoms with Gasteiger partial charge in [0.1, 0.15) is 45.2 Å². The Morgan fingerprint density at radius 3 is 0.900 bits per heavy atom. The molecule has 11 rings (SSSR count). The molecule has 4 unspecified atom stereocenters. The maximum absolute atomic E-state index is 14.3. The summed E-state index contributed by atoms with van der Waals surface area (Å²) in [4.78, 5) is 97.1. The number of carboxylic acids is 1. The molecule has 0 amide bonds. The van der Waals surface area contributed by atoms with Crippen LogP contribution in [0.15, 0.2) is 72.7 Å². The molecule has 150 heavy (non-hydrogen) atoms. The quantitative estimate of drug-likeness (QED) is 0.00538. The van der Waals surface area contributed by atoms with E-state index in [1.165, 1.54) is 27.8 Å². The van der Waals surface area contributed by atoms with Crippen molar-refractivity contribution >= 4 is 110 Å². The Balaban J connectivity index is 0.000000493. The second kappa shape index (κ2) is 58.6. The molecule has 834 valence electrons. The van der Waals surface area contributed by atoms with Crippen LogP contribution in [0.4, 0.5) is 45.2 Å². The average Bonchev–Trinajstić information content (AvgIpc) is 1.61. The molecule has 26 nitrogen and oxygen atoms in total. The number of Topliss-reactive ketones (excluding diaryl/α,β-unsaturated/α-hetero) is 2. The molecule has 0 saturated heterocycles. The van der Waals surface area contributed by atoms with Crippen LogP contribution in [0.3, 0.4) is 0 Å². The van der Waals surface area contributed by atoms with Crippen molar-refractivity contribution in [1.82, 2.24) is 20.6 Å². The largest absolute Gasteiger partial charge is 1.00 e. The van der Waals surface area contributed by atoms with Crippen molar-refractivity contribution in [1.29, 1.82) is 10.8 Å². The van der Waals surface area contributed by atoms with Crippen molar-refractivity contribution in [3.8, 4) is 0 Å². The zero-order valence-electron chi connectivity index (χ0n) is 91.5. The number of methoxy groups -OCH3 is 3. The maximum Gasteiger partial charge on any atom is 1.00 e.